The topological polar surface area (TPSA) is 91.8 Å². The Balaban J connectivity index is 1.55. The lowest BCUT2D eigenvalue weighted by Crippen LogP contribution is -2.50. The van der Waals surface area contributed by atoms with Gasteiger partial charge in [-0.1, -0.05) is 63.9 Å². The third-order valence-corrected chi connectivity index (χ3v) is 10.0. The molecule has 2 unspecified atom stereocenters. The highest BCUT2D eigenvalue weighted by molar-refractivity contribution is 5.87. The number of carboxylic acid groups (broad SMARTS) is 1. The Morgan fingerprint density at radius 1 is 1.05 bits per heavy atom. The van der Waals surface area contributed by atoms with Crippen molar-refractivity contribution in [3.05, 3.63) is 59.3 Å². The molecule has 1 aromatic carbocycles. The summed E-state index contributed by atoms with van der Waals surface area (Å²) in [6.07, 6.45) is 1.12. The van der Waals surface area contributed by atoms with E-state index in [2.05, 4.69) is 16.4 Å². The van der Waals surface area contributed by atoms with Crippen LogP contribution in [0.5, 0.6) is 5.88 Å². The molecule has 0 bridgehead atoms. The molecule has 1 aliphatic heterocycles. The number of rotatable bonds is 8. The van der Waals surface area contributed by atoms with Gasteiger partial charge in [-0.15, -0.1) is 0 Å². The zero-order valence-corrected chi connectivity index (χ0v) is 25.9. The van der Waals surface area contributed by atoms with Gasteiger partial charge in [0.25, 0.3) is 0 Å². The number of carboxylic acids is 1. The summed E-state index contributed by atoms with van der Waals surface area (Å²) in [4.78, 5) is 33.4. The Morgan fingerprint density at radius 3 is 2.30 bits per heavy atom. The number of halogens is 3. The molecule has 3 aliphatic rings. The lowest BCUT2D eigenvalue weighted by molar-refractivity contribution is -0.188. The second-order valence-corrected chi connectivity index (χ2v) is 13.8. The van der Waals surface area contributed by atoms with Crippen LogP contribution in [-0.4, -0.2) is 52.2 Å². The number of methoxy groups -OCH3 is 1. The van der Waals surface area contributed by atoms with Crippen molar-refractivity contribution in [3.63, 3.8) is 0 Å². The Kier molecular flexibility index (Phi) is 9.31. The molecule has 6 atom stereocenters. The van der Waals surface area contributed by atoms with Crippen LogP contribution in [0.15, 0.2) is 42.6 Å². The summed E-state index contributed by atoms with van der Waals surface area (Å²) in [6.45, 7) is 6.19. The van der Waals surface area contributed by atoms with Crippen LogP contribution in [0.3, 0.4) is 0 Å². The van der Waals surface area contributed by atoms with Gasteiger partial charge in [0.1, 0.15) is 6.04 Å². The van der Waals surface area contributed by atoms with E-state index >= 15 is 0 Å². The molecule has 5 rings (SSSR count). The first kappa shape index (κ1) is 32.3. The van der Waals surface area contributed by atoms with Crippen molar-refractivity contribution < 1.29 is 32.6 Å². The number of carbonyl (C=O) groups is 2. The first-order chi connectivity index (χ1) is 20.8. The minimum Gasteiger partial charge on any atom is -0.481 e. The maximum Gasteiger partial charge on any atom is 0.391 e. The molecule has 0 spiro atoms. The first-order valence-corrected chi connectivity index (χ1v) is 15.7. The van der Waals surface area contributed by atoms with Gasteiger partial charge >= 0.3 is 12.1 Å². The third-order valence-electron chi connectivity index (χ3n) is 10.0. The maximum atomic E-state index is 14.4. The van der Waals surface area contributed by atoms with Crippen molar-refractivity contribution in [1.82, 2.24) is 15.2 Å². The standard InChI is InChI=1S/C34H44F3N3O4/c1-33(2,3)26-27(38-19-24-16-23(20-12-8-13-20)18-39-30(24)44-4)28(21-10-6-5-7-11-21)40(29(26)32(42)43)31(41)22-14-9-15-25(17-22)34(35,36)37/h5-7,10-11,16,18,20,22,25-29,38H,8-9,12-15,17,19H2,1-4H3,(H,42,43)/t22?,25?,26-,27-,28-,29-/m0/s1. The number of nitrogens with zero attached hydrogens (tertiary/aromatic N) is 2. The summed E-state index contributed by atoms with van der Waals surface area (Å²) in [7, 11) is 1.56. The predicted molar refractivity (Wildman–Crippen MR) is 160 cm³/mol. The molecule has 2 heterocycles. The number of likely N-dealkylation sites (tertiary alicyclic amines) is 1. The van der Waals surface area contributed by atoms with Crippen molar-refractivity contribution in [3.8, 4) is 5.88 Å². The summed E-state index contributed by atoms with van der Waals surface area (Å²) in [5, 5.41) is 14.3. The maximum absolute atomic E-state index is 14.4. The number of benzene rings is 1. The van der Waals surface area contributed by atoms with E-state index in [-0.39, 0.29) is 19.3 Å². The Morgan fingerprint density at radius 2 is 1.73 bits per heavy atom. The van der Waals surface area contributed by atoms with Crippen LogP contribution in [0.4, 0.5) is 13.2 Å². The summed E-state index contributed by atoms with van der Waals surface area (Å²) >= 11 is 0. The average Bonchev–Trinajstić information content (AvgIpc) is 3.31. The quantitative estimate of drug-likeness (QED) is 0.336. The van der Waals surface area contributed by atoms with Gasteiger partial charge in [0.15, 0.2) is 0 Å². The molecule has 7 nitrogen and oxygen atoms in total. The van der Waals surface area contributed by atoms with E-state index < -0.39 is 59.3 Å². The highest BCUT2D eigenvalue weighted by Crippen LogP contribution is 2.50. The summed E-state index contributed by atoms with van der Waals surface area (Å²) in [6, 6.07) is 8.91. The molecule has 1 amide bonds. The number of pyridine rings is 1. The van der Waals surface area contributed by atoms with Gasteiger partial charge < -0.3 is 20.1 Å². The molecule has 240 valence electrons. The normalized spacial score (nSPS) is 28.0. The highest BCUT2D eigenvalue weighted by atomic mass is 19.4. The molecule has 2 saturated carbocycles. The van der Waals surface area contributed by atoms with E-state index in [1.165, 1.54) is 11.3 Å². The van der Waals surface area contributed by atoms with Gasteiger partial charge in [0, 0.05) is 36.2 Å². The second-order valence-electron chi connectivity index (χ2n) is 13.8. The second kappa shape index (κ2) is 12.7. The van der Waals surface area contributed by atoms with Crippen LogP contribution < -0.4 is 10.1 Å². The molecular weight excluding hydrogens is 571 g/mol. The minimum atomic E-state index is -4.39. The van der Waals surface area contributed by atoms with Crippen molar-refractivity contribution in [2.24, 2.45) is 23.2 Å². The summed E-state index contributed by atoms with van der Waals surface area (Å²) in [5.74, 6) is -3.75. The molecule has 3 fully saturated rings. The third kappa shape index (κ3) is 6.46. The van der Waals surface area contributed by atoms with Gasteiger partial charge in [-0.05, 0) is 60.6 Å². The van der Waals surface area contributed by atoms with E-state index in [1.807, 2.05) is 57.3 Å². The number of hydrogen-bond acceptors (Lipinski definition) is 5. The molecular formula is C34H44F3N3O4. The Hall–Kier alpha value is -3.14. The van der Waals surface area contributed by atoms with Crippen LogP contribution in [0, 0.1) is 23.2 Å². The number of carbonyl (C=O) groups excluding carboxylic acids is 1. The number of aliphatic carboxylic acids is 1. The van der Waals surface area contributed by atoms with Crippen molar-refractivity contribution >= 4 is 11.9 Å². The number of aromatic nitrogens is 1. The average molecular weight is 616 g/mol. The number of ether oxygens (including phenoxy) is 1. The fourth-order valence-electron chi connectivity index (χ4n) is 7.67. The minimum absolute atomic E-state index is 0.0116. The smallest absolute Gasteiger partial charge is 0.391 e. The van der Waals surface area contributed by atoms with E-state index in [0.717, 1.165) is 29.5 Å². The molecule has 2 aromatic rings. The van der Waals surface area contributed by atoms with Crippen molar-refractivity contribution in [2.45, 2.75) is 102 Å². The molecule has 1 aromatic heterocycles. The molecule has 10 heteroatoms. The van der Waals surface area contributed by atoms with Crippen molar-refractivity contribution in [2.75, 3.05) is 7.11 Å². The van der Waals surface area contributed by atoms with Gasteiger partial charge in [0.2, 0.25) is 11.8 Å². The number of nitrogens with one attached hydrogen (secondary N) is 1. The molecule has 2 aliphatic carbocycles. The Bertz CT molecular complexity index is 1330. The number of hydrogen-bond donors (Lipinski definition) is 2. The molecule has 1 saturated heterocycles. The van der Waals surface area contributed by atoms with Crippen LogP contribution in [0.1, 0.15) is 94.4 Å². The molecule has 2 N–H and O–H groups in total. The van der Waals surface area contributed by atoms with Crippen LogP contribution in [0.2, 0.25) is 0 Å². The van der Waals surface area contributed by atoms with Crippen LogP contribution in [0.25, 0.3) is 0 Å². The zero-order valence-electron chi connectivity index (χ0n) is 25.9. The first-order valence-electron chi connectivity index (χ1n) is 15.7. The highest BCUT2D eigenvalue weighted by Gasteiger charge is 2.59. The van der Waals surface area contributed by atoms with Gasteiger partial charge in [0.05, 0.1) is 19.1 Å². The van der Waals surface area contributed by atoms with Gasteiger partial charge in [-0.2, -0.15) is 13.2 Å². The lowest BCUT2D eigenvalue weighted by atomic mass is 9.72. The van der Waals surface area contributed by atoms with Crippen molar-refractivity contribution in [1.29, 1.82) is 0 Å². The van der Waals surface area contributed by atoms with E-state index in [1.54, 1.807) is 7.11 Å². The van der Waals surface area contributed by atoms with Crippen LogP contribution >= 0.6 is 0 Å². The zero-order chi connectivity index (χ0) is 31.8. The summed E-state index contributed by atoms with van der Waals surface area (Å²) in [5.41, 5.74) is 2.16. The fraction of sp³-hybridized carbons (Fsp3) is 0.618. The number of alkyl halides is 3. The molecule has 44 heavy (non-hydrogen) atoms. The van der Waals surface area contributed by atoms with Gasteiger partial charge in [-0.25, -0.2) is 9.78 Å². The Labute approximate surface area is 257 Å². The van der Waals surface area contributed by atoms with Crippen LogP contribution in [-0.2, 0) is 16.1 Å². The van der Waals surface area contributed by atoms with Gasteiger partial charge in [-0.3, -0.25) is 4.79 Å². The monoisotopic (exact) mass is 615 g/mol. The fourth-order valence-corrected chi connectivity index (χ4v) is 7.67. The molecule has 0 radical (unpaired) electrons. The SMILES string of the molecule is COc1ncc(C2CCC2)cc1CN[C@H]1[C@H](C(C)(C)C)[C@@H](C(=O)O)N(C(=O)C2CCCC(C(F)(F)F)C2)[C@H]1c1ccccc1. The van der Waals surface area contributed by atoms with E-state index in [4.69, 9.17) is 4.74 Å². The van der Waals surface area contributed by atoms with E-state index in [0.29, 0.717) is 24.8 Å². The lowest BCUT2D eigenvalue weighted by Gasteiger charge is -2.37. The predicted octanol–water partition coefficient (Wildman–Crippen LogP) is 6.88. The van der Waals surface area contributed by atoms with E-state index in [9.17, 15) is 27.9 Å². The summed E-state index contributed by atoms with van der Waals surface area (Å²) < 4.78 is 46.9. The largest absolute Gasteiger partial charge is 0.481 e. The number of amides is 1.